The Kier molecular flexibility index (Phi) is 5.13. The molecule has 2 unspecified atom stereocenters. The van der Waals surface area contributed by atoms with Gasteiger partial charge in [0.05, 0.1) is 4.90 Å². The van der Waals surface area contributed by atoms with Gasteiger partial charge in [-0.3, -0.25) is 0 Å². The molecule has 1 saturated heterocycles. The fraction of sp³-hybridized carbons (Fsp3) is 0.600. The minimum absolute atomic E-state index is 0.0310. The summed E-state index contributed by atoms with van der Waals surface area (Å²) in [6, 6.07) is 3.63. The molecule has 0 saturated carbocycles. The average molecular weight is 375 g/mol. The number of halogens is 1. The number of nitrogens with two attached hydrogens (primary N) is 1. The maximum atomic E-state index is 13.0. The van der Waals surface area contributed by atoms with Gasteiger partial charge in [0, 0.05) is 23.6 Å². The molecule has 1 fully saturated rings. The van der Waals surface area contributed by atoms with Gasteiger partial charge in [0.25, 0.3) is 0 Å². The number of rotatable bonds is 3. The minimum atomic E-state index is -3.48. The standard InChI is InChI=1S/C15H23BrN2O2S/c1-10-5-4-6-18(12(10)3)21(19,20)15-8-13(9-17)7-14(16)11(15)2/h7-8,10,12H,4-6,9,17H2,1-3H3. The van der Waals surface area contributed by atoms with Crippen molar-refractivity contribution in [3.05, 3.63) is 27.7 Å². The Hall–Kier alpha value is -0.430. The van der Waals surface area contributed by atoms with Crippen LogP contribution in [-0.4, -0.2) is 25.3 Å². The molecular formula is C15H23BrN2O2S. The van der Waals surface area contributed by atoms with E-state index in [1.54, 1.807) is 10.4 Å². The highest BCUT2D eigenvalue weighted by Gasteiger charge is 2.35. The second-order valence-corrected chi connectivity index (χ2v) is 8.59. The molecule has 2 rings (SSSR count). The predicted octanol–water partition coefficient (Wildman–Crippen LogP) is 3.03. The second-order valence-electron chi connectivity index (χ2n) is 5.88. The van der Waals surface area contributed by atoms with Crippen molar-refractivity contribution < 1.29 is 8.42 Å². The van der Waals surface area contributed by atoms with Crippen molar-refractivity contribution in [3.63, 3.8) is 0 Å². The Bertz CT molecular complexity index is 631. The molecule has 0 radical (unpaired) electrons. The van der Waals surface area contributed by atoms with Crippen LogP contribution in [0.3, 0.4) is 0 Å². The molecule has 2 atom stereocenters. The summed E-state index contributed by atoms with van der Waals surface area (Å²) in [4.78, 5) is 0.373. The topological polar surface area (TPSA) is 63.4 Å². The van der Waals surface area contributed by atoms with Crippen LogP contribution in [0.4, 0.5) is 0 Å². The Labute approximate surface area is 135 Å². The third-order valence-corrected chi connectivity index (χ3v) is 7.43. The quantitative estimate of drug-likeness (QED) is 0.883. The Balaban J connectivity index is 2.51. The van der Waals surface area contributed by atoms with Crippen LogP contribution in [0, 0.1) is 12.8 Å². The van der Waals surface area contributed by atoms with E-state index in [1.165, 1.54) is 0 Å². The molecule has 0 bridgehead atoms. The van der Waals surface area contributed by atoms with Gasteiger partial charge in [0.1, 0.15) is 0 Å². The highest BCUT2D eigenvalue weighted by atomic mass is 79.9. The molecule has 1 aliphatic rings. The summed E-state index contributed by atoms with van der Waals surface area (Å²) in [5, 5.41) is 0. The van der Waals surface area contributed by atoms with Gasteiger partial charge < -0.3 is 5.73 Å². The van der Waals surface area contributed by atoms with Gasteiger partial charge in [0.2, 0.25) is 10.0 Å². The number of benzene rings is 1. The first-order chi connectivity index (χ1) is 9.78. The molecule has 118 valence electrons. The van der Waals surface area contributed by atoms with E-state index in [-0.39, 0.29) is 6.04 Å². The molecule has 0 spiro atoms. The Morgan fingerprint density at radius 2 is 2.05 bits per heavy atom. The van der Waals surface area contributed by atoms with Gasteiger partial charge in [0.15, 0.2) is 0 Å². The third kappa shape index (κ3) is 3.18. The third-order valence-electron chi connectivity index (χ3n) is 4.49. The molecule has 1 aliphatic heterocycles. The molecule has 0 amide bonds. The smallest absolute Gasteiger partial charge is 0.243 e. The Morgan fingerprint density at radius 1 is 1.38 bits per heavy atom. The summed E-state index contributed by atoms with van der Waals surface area (Å²) in [6.45, 7) is 6.87. The van der Waals surface area contributed by atoms with Crippen LogP contribution >= 0.6 is 15.9 Å². The fourth-order valence-electron chi connectivity index (χ4n) is 2.86. The van der Waals surface area contributed by atoms with Crippen LogP contribution in [-0.2, 0) is 16.6 Å². The van der Waals surface area contributed by atoms with Gasteiger partial charge in [-0.15, -0.1) is 0 Å². The van der Waals surface area contributed by atoms with E-state index >= 15 is 0 Å². The van der Waals surface area contributed by atoms with E-state index in [0.29, 0.717) is 23.9 Å². The van der Waals surface area contributed by atoms with E-state index in [4.69, 9.17) is 5.73 Å². The summed E-state index contributed by atoms with van der Waals surface area (Å²) in [7, 11) is -3.48. The van der Waals surface area contributed by atoms with E-state index in [0.717, 1.165) is 28.4 Å². The van der Waals surface area contributed by atoms with E-state index in [1.807, 2.05) is 19.9 Å². The summed E-state index contributed by atoms with van der Waals surface area (Å²) >= 11 is 3.44. The van der Waals surface area contributed by atoms with Crippen molar-refractivity contribution in [1.29, 1.82) is 0 Å². The van der Waals surface area contributed by atoms with Crippen LogP contribution in [0.2, 0.25) is 0 Å². The van der Waals surface area contributed by atoms with Crippen LogP contribution < -0.4 is 5.73 Å². The van der Waals surface area contributed by atoms with Crippen molar-refractivity contribution in [3.8, 4) is 0 Å². The number of hydrogen-bond acceptors (Lipinski definition) is 3. The lowest BCUT2D eigenvalue weighted by molar-refractivity contribution is 0.202. The zero-order chi connectivity index (χ0) is 15.8. The number of piperidine rings is 1. The summed E-state index contributed by atoms with van der Waals surface area (Å²) < 4.78 is 28.5. The first-order valence-electron chi connectivity index (χ1n) is 7.30. The zero-order valence-electron chi connectivity index (χ0n) is 12.8. The van der Waals surface area contributed by atoms with Crippen molar-refractivity contribution in [2.24, 2.45) is 11.7 Å². The molecule has 0 aromatic heterocycles. The highest BCUT2D eigenvalue weighted by Crippen LogP contribution is 2.32. The van der Waals surface area contributed by atoms with Crippen molar-refractivity contribution in [2.75, 3.05) is 6.54 Å². The van der Waals surface area contributed by atoms with Crippen LogP contribution in [0.5, 0.6) is 0 Å². The lowest BCUT2D eigenvalue weighted by atomic mass is 9.94. The van der Waals surface area contributed by atoms with Gasteiger partial charge in [-0.05, 0) is 55.9 Å². The number of hydrogen-bond donors (Lipinski definition) is 1. The molecule has 21 heavy (non-hydrogen) atoms. The number of sulfonamides is 1. The zero-order valence-corrected chi connectivity index (χ0v) is 15.2. The minimum Gasteiger partial charge on any atom is -0.326 e. The normalized spacial score (nSPS) is 24.2. The number of nitrogens with zero attached hydrogens (tertiary/aromatic N) is 1. The summed E-state index contributed by atoms with van der Waals surface area (Å²) in [5.74, 6) is 0.384. The van der Waals surface area contributed by atoms with E-state index in [2.05, 4.69) is 22.9 Å². The van der Waals surface area contributed by atoms with Crippen molar-refractivity contribution in [1.82, 2.24) is 4.31 Å². The van der Waals surface area contributed by atoms with Crippen LogP contribution in [0.25, 0.3) is 0 Å². The van der Waals surface area contributed by atoms with Crippen LogP contribution in [0.15, 0.2) is 21.5 Å². The summed E-state index contributed by atoms with van der Waals surface area (Å²) in [5.41, 5.74) is 7.25. The molecular weight excluding hydrogens is 352 g/mol. The fourth-order valence-corrected chi connectivity index (χ4v) is 5.56. The van der Waals surface area contributed by atoms with Gasteiger partial charge in [-0.1, -0.05) is 22.9 Å². The average Bonchev–Trinajstić information content (AvgIpc) is 2.44. The molecule has 1 aromatic carbocycles. The molecule has 6 heteroatoms. The molecule has 1 aromatic rings. The summed E-state index contributed by atoms with van der Waals surface area (Å²) in [6.07, 6.45) is 2.00. The maximum absolute atomic E-state index is 13.0. The second kappa shape index (κ2) is 6.36. The van der Waals surface area contributed by atoms with E-state index in [9.17, 15) is 8.42 Å². The van der Waals surface area contributed by atoms with Crippen molar-refractivity contribution in [2.45, 2.75) is 51.1 Å². The van der Waals surface area contributed by atoms with E-state index < -0.39 is 10.0 Å². The first-order valence-corrected chi connectivity index (χ1v) is 9.53. The largest absolute Gasteiger partial charge is 0.326 e. The molecule has 2 N–H and O–H groups in total. The van der Waals surface area contributed by atoms with Gasteiger partial charge in [-0.2, -0.15) is 4.31 Å². The maximum Gasteiger partial charge on any atom is 0.243 e. The van der Waals surface area contributed by atoms with Crippen molar-refractivity contribution >= 4 is 26.0 Å². The lowest BCUT2D eigenvalue weighted by Gasteiger charge is -2.37. The SMILES string of the molecule is Cc1c(Br)cc(CN)cc1S(=O)(=O)N1CCCC(C)C1C. The van der Waals surface area contributed by atoms with Crippen LogP contribution in [0.1, 0.15) is 37.8 Å². The molecule has 1 heterocycles. The van der Waals surface area contributed by atoms with Gasteiger partial charge >= 0.3 is 0 Å². The monoisotopic (exact) mass is 374 g/mol. The van der Waals surface area contributed by atoms with Gasteiger partial charge in [-0.25, -0.2) is 8.42 Å². The first kappa shape index (κ1) is 16.9. The Morgan fingerprint density at radius 3 is 2.67 bits per heavy atom. The molecule has 4 nitrogen and oxygen atoms in total. The lowest BCUT2D eigenvalue weighted by Crippen LogP contribution is -2.46. The molecule has 0 aliphatic carbocycles. The highest BCUT2D eigenvalue weighted by molar-refractivity contribution is 9.10. The predicted molar refractivity (Wildman–Crippen MR) is 88.5 cm³/mol.